The van der Waals surface area contributed by atoms with Crippen molar-refractivity contribution in [2.75, 3.05) is 6.26 Å². The normalized spacial score (nSPS) is 15.3. The van der Waals surface area contributed by atoms with E-state index in [-0.39, 0.29) is 22.2 Å². The lowest BCUT2D eigenvalue weighted by Crippen LogP contribution is -2.27. The average molecular weight is 393 g/mol. The van der Waals surface area contributed by atoms with E-state index in [9.17, 15) is 28.1 Å². The molecule has 12 heteroatoms. The van der Waals surface area contributed by atoms with E-state index in [2.05, 4.69) is 15.5 Å². The maximum absolute atomic E-state index is 13.1. The first kappa shape index (κ1) is 18.8. The van der Waals surface area contributed by atoms with E-state index in [1.54, 1.807) is 0 Å². The number of nitrogens with zero attached hydrogens (tertiary/aromatic N) is 5. The second kappa shape index (κ2) is 6.61. The van der Waals surface area contributed by atoms with Crippen LogP contribution in [-0.2, 0) is 21.7 Å². The minimum absolute atomic E-state index is 0.0154. The van der Waals surface area contributed by atoms with Crippen molar-refractivity contribution in [2.24, 2.45) is 13.0 Å². The van der Waals surface area contributed by atoms with Crippen LogP contribution in [0.5, 0.6) is 0 Å². The second-order valence-corrected chi connectivity index (χ2v) is 8.36. The van der Waals surface area contributed by atoms with Crippen molar-refractivity contribution in [2.45, 2.75) is 23.7 Å². The number of ketones is 2. The molecule has 1 fully saturated rings. The van der Waals surface area contributed by atoms with E-state index in [1.807, 2.05) is 0 Å². The van der Waals surface area contributed by atoms with E-state index in [4.69, 9.17) is 0 Å². The van der Waals surface area contributed by atoms with Gasteiger partial charge in [0.1, 0.15) is 5.92 Å². The van der Waals surface area contributed by atoms with Gasteiger partial charge in [-0.15, -0.1) is 5.10 Å². The van der Waals surface area contributed by atoms with Gasteiger partial charge in [0, 0.05) is 25.3 Å². The first-order chi connectivity index (χ1) is 12.6. The van der Waals surface area contributed by atoms with Crippen molar-refractivity contribution < 1.29 is 22.9 Å². The monoisotopic (exact) mass is 393 g/mol. The number of aromatic nitrogens is 4. The molecule has 0 saturated heterocycles. The molecule has 0 N–H and O–H groups in total. The van der Waals surface area contributed by atoms with Gasteiger partial charge < -0.3 is 0 Å². The van der Waals surface area contributed by atoms with Gasteiger partial charge in [-0.1, -0.05) is 0 Å². The maximum Gasteiger partial charge on any atom is 0.281 e. The molecule has 1 unspecified atom stereocenters. The lowest BCUT2D eigenvalue weighted by atomic mass is 9.90. The van der Waals surface area contributed by atoms with Crippen LogP contribution in [0.25, 0.3) is 0 Å². The minimum Gasteiger partial charge on any atom is -0.298 e. The summed E-state index contributed by atoms with van der Waals surface area (Å²) >= 11 is 0. The molecule has 0 bridgehead atoms. The Labute approximate surface area is 153 Å². The molecule has 0 aliphatic heterocycles. The van der Waals surface area contributed by atoms with Crippen molar-refractivity contribution >= 4 is 27.1 Å². The molecule has 142 valence electrons. The molecule has 27 heavy (non-hydrogen) atoms. The van der Waals surface area contributed by atoms with Gasteiger partial charge in [0.15, 0.2) is 27.2 Å². The smallest absolute Gasteiger partial charge is 0.281 e. The summed E-state index contributed by atoms with van der Waals surface area (Å²) in [6.45, 7) is 0. The lowest BCUT2D eigenvalue weighted by Gasteiger charge is -2.13. The predicted molar refractivity (Wildman–Crippen MR) is 89.8 cm³/mol. The van der Waals surface area contributed by atoms with Crippen molar-refractivity contribution in [3.8, 4) is 0 Å². The molecule has 1 aliphatic carbocycles. The Morgan fingerprint density at radius 1 is 1.33 bits per heavy atom. The fourth-order valence-corrected chi connectivity index (χ4v) is 3.36. The number of hydrogen-bond donors (Lipinski definition) is 0. The molecule has 1 heterocycles. The van der Waals surface area contributed by atoms with Crippen molar-refractivity contribution in [3.63, 3.8) is 0 Å². The van der Waals surface area contributed by atoms with Crippen LogP contribution in [0.4, 0.5) is 5.69 Å². The maximum atomic E-state index is 13.1. The van der Waals surface area contributed by atoms with Crippen molar-refractivity contribution in [1.82, 2.24) is 20.2 Å². The Morgan fingerprint density at radius 2 is 2.00 bits per heavy atom. The fraction of sp³-hybridized carbons (Fsp3) is 0.400. The van der Waals surface area contributed by atoms with Crippen molar-refractivity contribution in [3.05, 3.63) is 39.7 Å². The van der Waals surface area contributed by atoms with Crippen LogP contribution in [0, 0.1) is 16.0 Å². The van der Waals surface area contributed by atoms with Crippen LogP contribution in [0.2, 0.25) is 0 Å². The summed E-state index contributed by atoms with van der Waals surface area (Å²) in [5.41, 5.74) is -1.05. The highest BCUT2D eigenvalue weighted by Gasteiger charge is 2.43. The highest BCUT2D eigenvalue weighted by molar-refractivity contribution is 7.90. The third-order valence-electron chi connectivity index (χ3n) is 4.30. The number of benzene rings is 1. The molecule has 11 nitrogen and oxygen atoms in total. The Bertz CT molecular complexity index is 1060. The van der Waals surface area contributed by atoms with Gasteiger partial charge in [0.05, 0.1) is 15.4 Å². The largest absolute Gasteiger partial charge is 0.298 e. The molecule has 0 spiro atoms. The third-order valence-corrected chi connectivity index (χ3v) is 5.41. The summed E-state index contributed by atoms with van der Waals surface area (Å²) in [4.78, 5) is 36.0. The summed E-state index contributed by atoms with van der Waals surface area (Å²) in [5.74, 6) is -2.96. The molecule has 1 aromatic carbocycles. The number of hydrogen-bond acceptors (Lipinski definition) is 9. The molecule has 1 saturated carbocycles. The second-order valence-electron chi connectivity index (χ2n) is 6.34. The Hall–Kier alpha value is -3.02. The average Bonchev–Trinajstić information content (AvgIpc) is 3.37. The molecule has 1 aromatic heterocycles. The van der Waals surface area contributed by atoms with Crippen LogP contribution in [0.3, 0.4) is 0 Å². The summed E-state index contributed by atoms with van der Waals surface area (Å²) in [7, 11) is -2.26. The lowest BCUT2D eigenvalue weighted by molar-refractivity contribution is -0.385. The first-order valence-corrected chi connectivity index (χ1v) is 9.79. The van der Waals surface area contributed by atoms with E-state index >= 15 is 0 Å². The van der Waals surface area contributed by atoms with Crippen molar-refractivity contribution in [1.29, 1.82) is 0 Å². The SMILES string of the molecule is Cn1nnnc1C(C(=O)c1ccc(S(C)(=O)=O)cc1[N+](=O)[O-])C(=O)C1CC1. The molecule has 2 aromatic rings. The number of Topliss-reactive ketones (excluding diaryl/α,β-unsaturated/α-hetero) is 2. The van der Waals surface area contributed by atoms with E-state index in [1.165, 1.54) is 11.7 Å². The number of carbonyl (C=O) groups excluding carboxylic acids is 2. The summed E-state index contributed by atoms with van der Waals surface area (Å²) in [5, 5.41) is 22.2. The number of aryl methyl sites for hydroxylation is 1. The molecule has 0 radical (unpaired) electrons. The van der Waals surface area contributed by atoms with Gasteiger partial charge >= 0.3 is 0 Å². The van der Waals surface area contributed by atoms with Crippen LogP contribution in [-0.4, -0.2) is 51.4 Å². The topological polar surface area (TPSA) is 155 Å². The highest BCUT2D eigenvalue weighted by atomic mass is 32.2. The van der Waals surface area contributed by atoms with Gasteiger partial charge in [0.2, 0.25) is 0 Å². The van der Waals surface area contributed by atoms with E-state index in [0.717, 1.165) is 24.5 Å². The summed E-state index contributed by atoms with van der Waals surface area (Å²) in [6, 6.07) is 2.97. The Kier molecular flexibility index (Phi) is 4.59. The van der Waals surface area contributed by atoms with Crippen LogP contribution < -0.4 is 0 Å². The number of nitro groups is 1. The van der Waals surface area contributed by atoms with Gasteiger partial charge in [0.25, 0.3) is 5.69 Å². The molecule has 1 aliphatic rings. The van der Waals surface area contributed by atoms with E-state index in [0.29, 0.717) is 12.8 Å². The fourth-order valence-electron chi connectivity index (χ4n) is 2.72. The number of tetrazole rings is 1. The van der Waals surface area contributed by atoms with Crippen LogP contribution >= 0.6 is 0 Å². The van der Waals surface area contributed by atoms with Gasteiger partial charge in [-0.2, -0.15) is 0 Å². The molecule has 1 atom stereocenters. The van der Waals surface area contributed by atoms with Crippen LogP contribution in [0.15, 0.2) is 23.1 Å². The zero-order valence-electron chi connectivity index (χ0n) is 14.4. The molecule has 0 amide bonds. The zero-order chi connectivity index (χ0) is 19.9. The highest BCUT2D eigenvalue weighted by Crippen LogP contribution is 2.37. The zero-order valence-corrected chi connectivity index (χ0v) is 15.2. The van der Waals surface area contributed by atoms with Crippen LogP contribution in [0.1, 0.15) is 34.9 Å². The first-order valence-electron chi connectivity index (χ1n) is 7.90. The quantitative estimate of drug-likeness (QED) is 0.282. The van der Waals surface area contributed by atoms with Gasteiger partial charge in [-0.3, -0.25) is 19.7 Å². The Morgan fingerprint density at radius 3 is 2.48 bits per heavy atom. The number of nitro benzene ring substituents is 1. The standard InChI is InChI=1S/C15H15N5O6S/c1-19-15(16-17-18-19)12(13(21)8-3-4-8)14(22)10-6-5-9(27(2,25)26)7-11(10)20(23)24/h5-8,12H,3-4H2,1-2H3. The molecule has 3 rings (SSSR count). The van der Waals surface area contributed by atoms with E-state index < -0.39 is 37.9 Å². The third kappa shape index (κ3) is 3.60. The predicted octanol–water partition coefficient (Wildman–Crippen LogP) is 0.467. The van der Waals surface area contributed by atoms with Gasteiger partial charge in [-0.25, -0.2) is 13.1 Å². The molecular weight excluding hydrogens is 378 g/mol. The molecular formula is C15H15N5O6S. The minimum atomic E-state index is -3.71. The number of sulfone groups is 1. The number of carbonyl (C=O) groups is 2. The van der Waals surface area contributed by atoms with Gasteiger partial charge in [-0.05, 0) is 35.4 Å². The number of rotatable bonds is 7. The summed E-state index contributed by atoms with van der Waals surface area (Å²) < 4.78 is 24.5. The Balaban J connectivity index is 2.12. The summed E-state index contributed by atoms with van der Waals surface area (Å²) in [6.07, 6.45) is 2.16.